The third-order valence-electron chi connectivity index (χ3n) is 6.77. The first-order valence-corrected chi connectivity index (χ1v) is 12.5. The molecule has 0 aliphatic carbocycles. The molecule has 0 saturated carbocycles. The van der Waals surface area contributed by atoms with Gasteiger partial charge in [0.05, 0.1) is 0 Å². The van der Waals surface area contributed by atoms with E-state index in [1.807, 2.05) is 0 Å². The summed E-state index contributed by atoms with van der Waals surface area (Å²) in [7, 11) is 0. The summed E-state index contributed by atoms with van der Waals surface area (Å²) in [5.41, 5.74) is 2.72. The van der Waals surface area contributed by atoms with Crippen molar-refractivity contribution in [2.75, 3.05) is 39.4 Å². The second-order valence-corrected chi connectivity index (χ2v) is 10.6. The number of aliphatic hydroxyl groups excluding tert-OH is 1. The fourth-order valence-corrected chi connectivity index (χ4v) is 4.98. The molecular weight excluding hydrogens is 467 g/mol. The number of nitrogens with one attached hydrogen (secondary N) is 1. The van der Waals surface area contributed by atoms with Gasteiger partial charge >= 0.3 is 0 Å². The molecule has 3 heterocycles. The van der Waals surface area contributed by atoms with Gasteiger partial charge in [0.1, 0.15) is 29.7 Å². The number of H-pyrrole nitrogens is 1. The van der Waals surface area contributed by atoms with Crippen LogP contribution in [0.4, 0.5) is 13.2 Å². The average molecular weight is 504 g/mol. The number of likely N-dealkylation sites (tertiary alicyclic amines) is 1. The molecule has 1 saturated heterocycles. The van der Waals surface area contributed by atoms with Gasteiger partial charge in [0.2, 0.25) is 0 Å². The fraction of sp³-hybridized carbons (Fsp3) is 0.500. The lowest BCUT2D eigenvalue weighted by Gasteiger charge is -2.37. The van der Waals surface area contributed by atoms with Crippen molar-refractivity contribution >= 4 is 10.9 Å². The minimum absolute atomic E-state index is 0.210. The SMILES string of the molecule is CC1Cc2c([nH]c3ccccc23)CN1CC(C)(C)F.OCC1CN(CCOc2cc(F)cc(F)c2)C1. The van der Waals surface area contributed by atoms with E-state index in [4.69, 9.17) is 9.84 Å². The second-order valence-electron chi connectivity index (χ2n) is 10.6. The summed E-state index contributed by atoms with van der Waals surface area (Å²) < 4.78 is 44.8. The summed E-state index contributed by atoms with van der Waals surface area (Å²) >= 11 is 0. The number of benzene rings is 2. The number of aliphatic hydroxyl groups is 1. The summed E-state index contributed by atoms with van der Waals surface area (Å²) in [5.74, 6) is -0.697. The predicted octanol–water partition coefficient (Wildman–Crippen LogP) is 4.93. The summed E-state index contributed by atoms with van der Waals surface area (Å²) in [6, 6.07) is 11.9. The molecule has 1 atom stereocenters. The minimum atomic E-state index is -1.14. The zero-order chi connectivity index (χ0) is 25.9. The molecule has 1 unspecified atom stereocenters. The largest absolute Gasteiger partial charge is 0.492 e. The molecule has 196 valence electrons. The van der Waals surface area contributed by atoms with E-state index in [-0.39, 0.29) is 12.4 Å². The number of halogens is 3. The molecule has 3 aromatic rings. The normalized spacial score (nSPS) is 18.9. The Morgan fingerprint density at radius 2 is 1.81 bits per heavy atom. The number of nitrogens with zero attached hydrogens (tertiary/aromatic N) is 2. The van der Waals surface area contributed by atoms with E-state index >= 15 is 0 Å². The van der Waals surface area contributed by atoms with Crippen LogP contribution >= 0.6 is 0 Å². The van der Waals surface area contributed by atoms with Crippen molar-refractivity contribution in [1.29, 1.82) is 0 Å². The van der Waals surface area contributed by atoms with Gasteiger partial charge in [-0.05, 0) is 38.8 Å². The van der Waals surface area contributed by atoms with Gasteiger partial charge in [0, 0.05) is 86.1 Å². The maximum absolute atomic E-state index is 13.9. The van der Waals surface area contributed by atoms with Crippen LogP contribution in [0, 0.1) is 17.6 Å². The molecule has 36 heavy (non-hydrogen) atoms. The summed E-state index contributed by atoms with van der Waals surface area (Å²) in [5, 5.41) is 10.1. The first-order valence-electron chi connectivity index (χ1n) is 12.5. The van der Waals surface area contributed by atoms with Gasteiger partial charge in [-0.2, -0.15) is 0 Å². The fourth-order valence-electron chi connectivity index (χ4n) is 4.98. The quantitative estimate of drug-likeness (QED) is 0.480. The van der Waals surface area contributed by atoms with Crippen LogP contribution in [0.2, 0.25) is 0 Å². The third-order valence-corrected chi connectivity index (χ3v) is 6.77. The van der Waals surface area contributed by atoms with Gasteiger partial charge in [-0.15, -0.1) is 0 Å². The van der Waals surface area contributed by atoms with Gasteiger partial charge in [-0.3, -0.25) is 9.80 Å². The number of rotatable bonds is 7. The highest BCUT2D eigenvalue weighted by molar-refractivity contribution is 5.84. The number of hydrogen-bond donors (Lipinski definition) is 2. The van der Waals surface area contributed by atoms with Crippen LogP contribution in [-0.4, -0.2) is 71.0 Å². The van der Waals surface area contributed by atoms with E-state index in [9.17, 15) is 13.2 Å². The molecule has 0 amide bonds. The molecule has 2 aromatic carbocycles. The molecule has 2 aliphatic heterocycles. The Kier molecular flexibility index (Phi) is 8.27. The van der Waals surface area contributed by atoms with Gasteiger partial charge in [-0.25, -0.2) is 13.2 Å². The number of aromatic amines is 1. The second kappa shape index (κ2) is 11.2. The molecule has 8 heteroatoms. The Morgan fingerprint density at radius 1 is 1.11 bits per heavy atom. The smallest absolute Gasteiger partial charge is 0.129 e. The molecule has 2 aliphatic rings. The number of ether oxygens (including phenoxy) is 1. The van der Waals surface area contributed by atoms with Crippen molar-refractivity contribution in [2.45, 2.75) is 45.4 Å². The van der Waals surface area contributed by atoms with Crippen molar-refractivity contribution < 1.29 is 23.0 Å². The highest BCUT2D eigenvalue weighted by Crippen LogP contribution is 2.31. The molecule has 1 fully saturated rings. The van der Waals surface area contributed by atoms with Crippen LogP contribution < -0.4 is 4.74 Å². The minimum Gasteiger partial charge on any atom is -0.492 e. The van der Waals surface area contributed by atoms with Crippen molar-refractivity contribution in [2.24, 2.45) is 5.92 Å². The van der Waals surface area contributed by atoms with Crippen LogP contribution in [0.3, 0.4) is 0 Å². The van der Waals surface area contributed by atoms with Crippen LogP contribution in [0.1, 0.15) is 32.0 Å². The molecule has 1 aromatic heterocycles. The van der Waals surface area contributed by atoms with E-state index < -0.39 is 17.3 Å². The van der Waals surface area contributed by atoms with Gasteiger partial charge in [-0.1, -0.05) is 18.2 Å². The molecular formula is C28H36F3N3O2. The van der Waals surface area contributed by atoms with Gasteiger partial charge in [0.15, 0.2) is 0 Å². The van der Waals surface area contributed by atoms with Crippen LogP contribution in [0.15, 0.2) is 42.5 Å². The number of alkyl halides is 1. The lowest BCUT2D eigenvalue weighted by molar-refractivity contribution is 0.0438. The molecule has 0 radical (unpaired) electrons. The standard InChI is InChI=1S/C16H21FN2.C12H15F2NO2/c1-11-8-13-12-6-4-5-7-14(12)18-15(13)9-19(11)10-16(2,3)17;13-10-3-11(14)5-12(4-10)17-2-1-15-6-9(7-15)8-16/h4-7,11,18H,8-10H2,1-3H3;3-5,9,16H,1-2,6-8H2. The van der Waals surface area contributed by atoms with E-state index in [1.54, 1.807) is 13.8 Å². The highest BCUT2D eigenvalue weighted by atomic mass is 19.1. The third kappa shape index (κ3) is 6.81. The predicted molar refractivity (Wildman–Crippen MR) is 136 cm³/mol. The number of aromatic nitrogens is 1. The van der Waals surface area contributed by atoms with E-state index in [0.717, 1.165) is 44.3 Å². The van der Waals surface area contributed by atoms with Crippen molar-refractivity contribution in [3.63, 3.8) is 0 Å². The molecule has 5 nitrogen and oxygen atoms in total. The number of fused-ring (bicyclic) bond motifs is 3. The molecule has 5 rings (SSSR count). The van der Waals surface area contributed by atoms with E-state index in [0.29, 0.717) is 31.7 Å². The first kappa shape index (κ1) is 26.5. The Labute approximate surface area is 210 Å². The lowest BCUT2D eigenvalue weighted by Crippen LogP contribution is -2.49. The Bertz CT molecular complexity index is 1130. The summed E-state index contributed by atoms with van der Waals surface area (Å²) in [6.07, 6.45) is 0.995. The lowest BCUT2D eigenvalue weighted by atomic mass is 9.96. The first-order chi connectivity index (χ1) is 17.1. The van der Waals surface area contributed by atoms with Crippen LogP contribution in [0.5, 0.6) is 5.75 Å². The van der Waals surface area contributed by atoms with Crippen LogP contribution in [0.25, 0.3) is 10.9 Å². The van der Waals surface area contributed by atoms with E-state index in [2.05, 4.69) is 46.0 Å². The van der Waals surface area contributed by atoms with Gasteiger partial charge in [0.25, 0.3) is 0 Å². The highest BCUT2D eigenvalue weighted by Gasteiger charge is 2.30. The van der Waals surface area contributed by atoms with Crippen molar-refractivity contribution in [3.05, 3.63) is 65.4 Å². The number of para-hydroxylation sites is 1. The zero-order valence-corrected chi connectivity index (χ0v) is 21.2. The van der Waals surface area contributed by atoms with Crippen molar-refractivity contribution in [3.8, 4) is 5.75 Å². The molecule has 0 bridgehead atoms. The Morgan fingerprint density at radius 3 is 2.47 bits per heavy atom. The van der Waals surface area contributed by atoms with E-state index in [1.165, 1.54) is 22.2 Å². The maximum Gasteiger partial charge on any atom is 0.129 e. The van der Waals surface area contributed by atoms with Crippen LogP contribution in [-0.2, 0) is 13.0 Å². The van der Waals surface area contributed by atoms with Gasteiger partial charge < -0.3 is 14.8 Å². The zero-order valence-electron chi connectivity index (χ0n) is 21.2. The summed E-state index contributed by atoms with van der Waals surface area (Å²) in [4.78, 5) is 7.84. The molecule has 0 spiro atoms. The van der Waals surface area contributed by atoms with Crippen molar-refractivity contribution in [1.82, 2.24) is 14.8 Å². The monoisotopic (exact) mass is 503 g/mol. The molecule has 2 N–H and O–H groups in total. The number of hydrogen-bond acceptors (Lipinski definition) is 4. The Balaban J connectivity index is 0.000000170. The summed E-state index contributed by atoms with van der Waals surface area (Å²) in [6.45, 7) is 9.83. The maximum atomic E-state index is 13.9. The topological polar surface area (TPSA) is 51.7 Å². The average Bonchev–Trinajstić information content (AvgIpc) is 3.11. The Hall–Kier alpha value is -2.55.